The van der Waals surface area contributed by atoms with E-state index in [1.807, 2.05) is 36.6 Å². The van der Waals surface area contributed by atoms with Crippen LogP contribution in [0.3, 0.4) is 0 Å². The highest BCUT2D eigenvalue weighted by Crippen LogP contribution is 2.39. The largest absolute Gasteiger partial charge is 0.315 e. The van der Waals surface area contributed by atoms with Gasteiger partial charge in [0.2, 0.25) is 11.7 Å². The molecule has 5 rings (SSSR count). The summed E-state index contributed by atoms with van der Waals surface area (Å²) in [4.78, 5) is 40.8. The number of hydrogen-bond acceptors (Lipinski definition) is 6. The van der Waals surface area contributed by atoms with Crippen molar-refractivity contribution in [2.45, 2.75) is 39.2 Å². The average Bonchev–Trinajstić information content (AvgIpc) is 3.45. The van der Waals surface area contributed by atoms with Crippen molar-refractivity contribution in [2.75, 3.05) is 5.32 Å². The van der Waals surface area contributed by atoms with Crippen molar-refractivity contribution in [3.05, 3.63) is 78.7 Å². The Kier molecular flexibility index (Phi) is 5.48. The van der Waals surface area contributed by atoms with E-state index in [2.05, 4.69) is 10.4 Å². The average molecular weight is 464 g/mol. The third kappa shape index (κ3) is 3.69. The van der Waals surface area contributed by atoms with Crippen molar-refractivity contribution in [1.82, 2.24) is 9.78 Å². The van der Waals surface area contributed by atoms with E-state index in [9.17, 15) is 14.4 Å². The molecule has 1 N–H and O–H groups in total. The van der Waals surface area contributed by atoms with E-state index in [0.717, 1.165) is 36.6 Å². The Morgan fingerprint density at radius 3 is 2.66 bits per heavy atom. The molecule has 0 saturated heterocycles. The molecular weight excluding hydrogens is 442 g/mol. The number of thiophene rings is 2. The van der Waals surface area contributed by atoms with E-state index in [4.69, 9.17) is 0 Å². The molecule has 1 aliphatic carbocycles. The number of nitrogens with zero attached hydrogens (tertiary/aromatic N) is 2. The van der Waals surface area contributed by atoms with E-state index in [0.29, 0.717) is 26.5 Å². The third-order valence-electron chi connectivity index (χ3n) is 5.74. The summed E-state index contributed by atoms with van der Waals surface area (Å²) in [5, 5.41) is 11.0. The number of carbonyl (C=O) groups is 2. The van der Waals surface area contributed by atoms with Crippen LogP contribution in [-0.2, 0) is 24.2 Å². The van der Waals surface area contributed by atoms with Gasteiger partial charge in [0.05, 0.1) is 21.5 Å². The fourth-order valence-electron chi connectivity index (χ4n) is 4.24. The van der Waals surface area contributed by atoms with Gasteiger partial charge in [-0.3, -0.25) is 14.4 Å². The van der Waals surface area contributed by atoms with Crippen LogP contribution in [0.25, 0.3) is 10.8 Å². The summed E-state index contributed by atoms with van der Waals surface area (Å²) in [6.07, 6.45) is 3.89. The lowest BCUT2D eigenvalue weighted by atomic mass is 9.93. The predicted molar refractivity (Wildman–Crippen MR) is 128 cm³/mol. The summed E-state index contributed by atoms with van der Waals surface area (Å²) >= 11 is 2.88. The van der Waals surface area contributed by atoms with Crippen LogP contribution in [0.5, 0.6) is 0 Å². The lowest BCUT2D eigenvalue weighted by molar-refractivity contribution is -0.116. The zero-order valence-electron chi connectivity index (χ0n) is 17.5. The minimum absolute atomic E-state index is 0.0495. The van der Waals surface area contributed by atoms with Crippen molar-refractivity contribution in [1.29, 1.82) is 0 Å². The van der Waals surface area contributed by atoms with Gasteiger partial charge in [0.25, 0.3) is 5.56 Å². The Hall–Kier alpha value is -3.10. The lowest BCUT2D eigenvalue weighted by Gasteiger charge is -2.12. The number of ketones is 1. The monoisotopic (exact) mass is 463 g/mol. The van der Waals surface area contributed by atoms with E-state index < -0.39 is 0 Å². The number of rotatable bonds is 5. The van der Waals surface area contributed by atoms with E-state index in [1.165, 1.54) is 32.2 Å². The quantitative estimate of drug-likeness (QED) is 0.440. The van der Waals surface area contributed by atoms with Crippen LogP contribution in [0, 0.1) is 6.92 Å². The topological polar surface area (TPSA) is 81.1 Å². The maximum absolute atomic E-state index is 13.2. The molecule has 0 fully saturated rings. The van der Waals surface area contributed by atoms with Gasteiger partial charge < -0.3 is 5.32 Å². The SMILES string of the molecule is Cc1nn(CC(=O)Nc2sc3c(c2C(=O)c2cccs2)CCCC3)c(=O)c2ccccc12. The molecule has 0 radical (unpaired) electrons. The van der Waals surface area contributed by atoms with Crippen LogP contribution in [0.1, 0.15) is 44.2 Å². The number of carbonyl (C=O) groups excluding carboxylic acids is 2. The summed E-state index contributed by atoms with van der Waals surface area (Å²) in [5.74, 6) is -0.417. The molecule has 6 nitrogen and oxygen atoms in total. The van der Waals surface area contributed by atoms with Crippen molar-refractivity contribution in [3.8, 4) is 0 Å². The van der Waals surface area contributed by atoms with Crippen LogP contribution in [0.2, 0.25) is 0 Å². The zero-order valence-corrected chi connectivity index (χ0v) is 19.1. The minimum atomic E-state index is -0.367. The van der Waals surface area contributed by atoms with Crippen molar-refractivity contribution in [3.63, 3.8) is 0 Å². The van der Waals surface area contributed by atoms with E-state index in [-0.39, 0.29) is 23.8 Å². The smallest absolute Gasteiger partial charge is 0.275 e. The van der Waals surface area contributed by atoms with Crippen molar-refractivity contribution in [2.24, 2.45) is 0 Å². The molecule has 162 valence electrons. The molecule has 4 aromatic rings. The second-order valence-corrected chi connectivity index (χ2v) is 9.92. The molecule has 0 spiro atoms. The van der Waals surface area contributed by atoms with Crippen LogP contribution in [0.15, 0.2) is 46.6 Å². The number of amides is 1. The fourth-order valence-corrected chi connectivity index (χ4v) is 6.21. The van der Waals surface area contributed by atoms with Crippen LogP contribution < -0.4 is 10.9 Å². The second-order valence-electron chi connectivity index (χ2n) is 7.86. The molecule has 0 unspecified atom stereocenters. The number of aromatic nitrogens is 2. The van der Waals surface area contributed by atoms with Gasteiger partial charge in [-0.25, -0.2) is 4.68 Å². The Labute approximate surface area is 192 Å². The highest BCUT2D eigenvalue weighted by Gasteiger charge is 2.27. The van der Waals surface area contributed by atoms with Crippen molar-refractivity contribution >= 4 is 50.1 Å². The highest BCUT2D eigenvalue weighted by atomic mass is 32.1. The second kappa shape index (κ2) is 8.44. The molecule has 0 bridgehead atoms. The molecular formula is C24H21N3O3S2. The molecule has 3 heterocycles. The van der Waals surface area contributed by atoms with Gasteiger partial charge in [-0.15, -0.1) is 22.7 Å². The molecule has 8 heteroatoms. The van der Waals surface area contributed by atoms with Gasteiger partial charge in [-0.2, -0.15) is 5.10 Å². The Balaban J connectivity index is 1.47. The first-order valence-corrected chi connectivity index (χ1v) is 12.2. The lowest BCUT2D eigenvalue weighted by Crippen LogP contribution is -2.30. The first kappa shape index (κ1) is 20.8. The molecule has 1 amide bonds. The molecule has 1 aliphatic rings. The normalized spacial score (nSPS) is 13.2. The first-order valence-electron chi connectivity index (χ1n) is 10.5. The summed E-state index contributed by atoms with van der Waals surface area (Å²) in [5.41, 5.74) is 2.05. The number of anilines is 1. The van der Waals surface area contributed by atoms with Gasteiger partial charge in [0.15, 0.2) is 0 Å². The molecule has 32 heavy (non-hydrogen) atoms. The van der Waals surface area contributed by atoms with Crippen LogP contribution >= 0.6 is 22.7 Å². The summed E-state index contributed by atoms with van der Waals surface area (Å²) in [6.45, 7) is 1.61. The molecule has 1 aromatic carbocycles. The number of aryl methyl sites for hydroxylation is 2. The molecule has 0 saturated carbocycles. The van der Waals surface area contributed by atoms with Crippen LogP contribution in [-0.4, -0.2) is 21.5 Å². The molecule has 3 aromatic heterocycles. The predicted octanol–water partition coefficient (Wildman–Crippen LogP) is 4.58. The van der Waals surface area contributed by atoms with Gasteiger partial charge in [0, 0.05) is 10.3 Å². The molecule has 0 atom stereocenters. The fraction of sp³-hybridized carbons (Fsp3) is 0.250. The highest BCUT2D eigenvalue weighted by molar-refractivity contribution is 7.17. The zero-order chi connectivity index (χ0) is 22.2. The van der Waals surface area contributed by atoms with E-state index >= 15 is 0 Å². The standard InChI is InChI=1S/C24H21N3O3S2/c1-14-15-7-2-3-8-16(15)24(30)27(26-14)13-20(28)25-23-21(22(29)19-11-6-12-31-19)17-9-4-5-10-18(17)32-23/h2-3,6-8,11-12H,4-5,9-10,13H2,1H3,(H,25,28). The van der Waals surface area contributed by atoms with Gasteiger partial charge in [0.1, 0.15) is 11.5 Å². The summed E-state index contributed by atoms with van der Waals surface area (Å²) < 4.78 is 1.20. The van der Waals surface area contributed by atoms with Crippen LogP contribution in [0.4, 0.5) is 5.00 Å². The van der Waals surface area contributed by atoms with Gasteiger partial charge in [-0.05, 0) is 55.7 Å². The molecule has 0 aliphatic heterocycles. The van der Waals surface area contributed by atoms with Crippen molar-refractivity contribution < 1.29 is 9.59 Å². The maximum Gasteiger partial charge on any atom is 0.275 e. The van der Waals surface area contributed by atoms with E-state index in [1.54, 1.807) is 12.1 Å². The van der Waals surface area contributed by atoms with Gasteiger partial charge in [-0.1, -0.05) is 24.3 Å². The minimum Gasteiger partial charge on any atom is -0.315 e. The first-order chi connectivity index (χ1) is 15.5. The Bertz CT molecular complexity index is 1400. The summed E-state index contributed by atoms with van der Waals surface area (Å²) in [7, 11) is 0. The number of fused-ring (bicyclic) bond motifs is 2. The number of nitrogens with one attached hydrogen (secondary N) is 1. The maximum atomic E-state index is 13.2. The Morgan fingerprint density at radius 2 is 1.88 bits per heavy atom. The third-order valence-corrected chi connectivity index (χ3v) is 7.82. The number of benzene rings is 1. The summed E-state index contributed by atoms with van der Waals surface area (Å²) in [6, 6.07) is 10.9. The Morgan fingerprint density at radius 1 is 1.09 bits per heavy atom. The number of hydrogen-bond donors (Lipinski definition) is 1. The van der Waals surface area contributed by atoms with Gasteiger partial charge >= 0.3 is 0 Å².